The third-order valence-electron chi connectivity index (χ3n) is 1.96. The van der Waals surface area contributed by atoms with Crippen molar-refractivity contribution in [1.82, 2.24) is 4.90 Å². The fraction of sp³-hybridized carbons (Fsp3) is 0.778. The minimum Gasteiger partial charge on any atom is -0.480 e. The molecule has 0 aliphatic carbocycles. The van der Waals surface area contributed by atoms with Crippen LogP contribution in [0.2, 0.25) is 0 Å². The van der Waals surface area contributed by atoms with Crippen LogP contribution in [0.1, 0.15) is 26.2 Å². The summed E-state index contributed by atoms with van der Waals surface area (Å²) >= 11 is 0. The lowest BCUT2D eigenvalue weighted by atomic mass is 10.1. The van der Waals surface area contributed by atoms with Gasteiger partial charge in [0.2, 0.25) is 0 Å². The van der Waals surface area contributed by atoms with Gasteiger partial charge in [0, 0.05) is 13.0 Å². The molecule has 1 atom stereocenters. The highest BCUT2D eigenvalue weighted by atomic mass is 16.4. The first-order chi connectivity index (χ1) is 6.13. The van der Waals surface area contributed by atoms with Crippen LogP contribution in [0.15, 0.2) is 0 Å². The van der Waals surface area contributed by atoms with Gasteiger partial charge in [-0.25, -0.2) is 0 Å². The average Bonchev–Trinajstić information content (AvgIpc) is 2.09. The summed E-state index contributed by atoms with van der Waals surface area (Å²) in [5.41, 5.74) is 0. The normalized spacial score (nSPS) is 12.5. The van der Waals surface area contributed by atoms with Gasteiger partial charge in [0.05, 0.1) is 6.07 Å². The van der Waals surface area contributed by atoms with Crippen LogP contribution in [0, 0.1) is 11.3 Å². The molecule has 0 spiro atoms. The Bertz CT molecular complexity index is 198. The standard InChI is InChI=1S/C9H16N2O2/c1-3-5-8(9(12)13)11(2)7-4-6-10/h8H,3-5,7H2,1-2H3,(H,12,13). The Balaban J connectivity index is 4.04. The van der Waals surface area contributed by atoms with E-state index in [0.717, 1.165) is 6.42 Å². The molecule has 0 aliphatic rings. The van der Waals surface area contributed by atoms with Crippen molar-refractivity contribution in [3.63, 3.8) is 0 Å². The van der Waals surface area contributed by atoms with Crippen LogP contribution in [0.25, 0.3) is 0 Å². The van der Waals surface area contributed by atoms with Gasteiger partial charge in [0.1, 0.15) is 6.04 Å². The summed E-state index contributed by atoms with van der Waals surface area (Å²) in [5, 5.41) is 17.2. The molecule has 74 valence electrons. The van der Waals surface area contributed by atoms with Crippen molar-refractivity contribution in [3.05, 3.63) is 0 Å². The van der Waals surface area contributed by atoms with Crippen molar-refractivity contribution in [1.29, 1.82) is 5.26 Å². The molecule has 0 rings (SSSR count). The van der Waals surface area contributed by atoms with E-state index in [-0.39, 0.29) is 0 Å². The van der Waals surface area contributed by atoms with Gasteiger partial charge < -0.3 is 5.11 Å². The SMILES string of the molecule is CCCC(C(=O)O)N(C)CCC#N. The summed E-state index contributed by atoms with van der Waals surface area (Å²) in [6.07, 6.45) is 1.86. The molecule has 4 heteroatoms. The monoisotopic (exact) mass is 184 g/mol. The number of carbonyl (C=O) groups is 1. The summed E-state index contributed by atoms with van der Waals surface area (Å²) in [5.74, 6) is -0.803. The number of rotatable bonds is 6. The predicted molar refractivity (Wildman–Crippen MR) is 49.2 cm³/mol. The molecule has 0 radical (unpaired) electrons. The topological polar surface area (TPSA) is 64.3 Å². The third-order valence-corrected chi connectivity index (χ3v) is 1.96. The van der Waals surface area contributed by atoms with Crippen molar-refractivity contribution in [2.24, 2.45) is 0 Å². The summed E-state index contributed by atoms with van der Waals surface area (Å²) in [4.78, 5) is 12.5. The fourth-order valence-electron chi connectivity index (χ4n) is 1.19. The van der Waals surface area contributed by atoms with Crippen molar-refractivity contribution in [2.45, 2.75) is 32.2 Å². The van der Waals surface area contributed by atoms with Crippen LogP contribution in [0.3, 0.4) is 0 Å². The number of hydrogen-bond donors (Lipinski definition) is 1. The molecule has 0 amide bonds. The van der Waals surface area contributed by atoms with Crippen molar-refractivity contribution < 1.29 is 9.90 Å². The Morgan fingerprint density at radius 1 is 1.69 bits per heavy atom. The number of nitrogens with zero attached hydrogens (tertiary/aromatic N) is 2. The minimum absolute atomic E-state index is 0.379. The van der Waals surface area contributed by atoms with Crippen molar-refractivity contribution in [3.8, 4) is 6.07 Å². The number of nitriles is 1. The van der Waals surface area contributed by atoms with E-state index in [4.69, 9.17) is 10.4 Å². The van der Waals surface area contributed by atoms with E-state index < -0.39 is 12.0 Å². The molecule has 0 aliphatic heterocycles. The van der Waals surface area contributed by atoms with E-state index in [2.05, 4.69) is 0 Å². The molecule has 1 unspecified atom stereocenters. The molecule has 4 nitrogen and oxygen atoms in total. The lowest BCUT2D eigenvalue weighted by Crippen LogP contribution is -2.38. The Hall–Kier alpha value is -1.08. The van der Waals surface area contributed by atoms with E-state index >= 15 is 0 Å². The lowest BCUT2D eigenvalue weighted by molar-refractivity contribution is -0.143. The highest BCUT2D eigenvalue weighted by molar-refractivity contribution is 5.73. The quantitative estimate of drug-likeness (QED) is 0.671. The molecule has 0 aromatic carbocycles. The number of likely N-dealkylation sites (N-methyl/N-ethyl adjacent to an activating group) is 1. The molecular formula is C9H16N2O2. The maximum Gasteiger partial charge on any atom is 0.320 e. The van der Waals surface area contributed by atoms with Crippen molar-refractivity contribution >= 4 is 5.97 Å². The van der Waals surface area contributed by atoms with E-state index in [1.54, 1.807) is 11.9 Å². The van der Waals surface area contributed by atoms with Crippen LogP contribution in [0.5, 0.6) is 0 Å². The Labute approximate surface area is 78.8 Å². The maximum absolute atomic E-state index is 10.8. The molecule has 0 bridgehead atoms. The smallest absolute Gasteiger partial charge is 0.320 e. The van der Waals surface area contributed by atoms with Crippen LogP contribution >= 0.6 is 0 Å². The second kappa shape index (κ2) is 6.44. The molecule has 0 saturated carbocycles. The molecule has 0 heterocycles. The number of aliphatic carboxylic acids is 1. The first-order valence-electron chi connectivity index (χ1n) is 4.43. The zero-order chi connectivity index (χ0) is 10.3. The highest BCUT2D eigenvalue weighted by Crippen LogP contribution is 2.05. The van der Waals surface area contributed by atoms with Crippen LogP contribution < -0.4 is 0 Å². The first kappa shape index (κ1) is 11.9. The minimum atomic E-state index is -0.803. The van der Waals surface area contributed by atoms with Gasteiger partial charge in [-0.1, -0.05) is 13.3 Å². The van der Waals surface area contributed by atoms with Gasteiger partial charge in [-0.2, -0.15) is 5.26 Å². The summed E-state index contributed by atoms with van der Waals surface area (Å²) < 4.78 is 0. The maximum atomic E-state index is 10.8. The van der Waals surface area contributed by atoms with E-state index in [0.29, 0.717) is 19.4 Å². The second-order valence-electron chi connectivity index (χ2n) is 3.03. The van der Waals surface area contributed by atoms with Crippen molar-refractivity contribution in [2.75, 3.05) is 13.6 Å². The fourth-order valence-corrected chi connectivity index (χ4v) is 1.19. The van der Waals surface area contributed by atoms with Gasteiger partial charge in [-0.05, 0) is 13.5 Å². The van der Waals surface area contributed by atoms with E-state index in [9.17, 15) is 4.79 Å². The zero-order valence-electron chi connectivity index (χ0n) is 8.16. The average molecular weight is 184 g/mol. The van der Waals surface area contributed by atoms with Crippen LogP contribution in [-0.4, -0.2) is 35.6 Å². The molecule has 1 N–H and O–H groups in total. The largest absolute Gasteiger partial charge is 0.480 e. The van der Waals surface area contributed by atoms with Crippen LogP contribution in [0.4, 0.5) is 0 Å². The van der Waals surface area contributed by atoms with Gasteiger partial charge in [0.25, 0.3) is 0 Å². The zero-order valence-corrected chi connectivity index (χ0v) is 8.16. The number of carboxylic acids is 1. The van der Waals surface area contributed by atoms with Gasteiger partial charge >= 0.3 is 5.97 Å². The molecule has 0 fully saturated rings. The predicted octanol–water partition coefficient (Wildman–Crippen LogP) is 1.09. The first-order valence-corrected chi connectivity index (χ1v) is 4.43. The molecule has 0 aromatic heterocycles. The lowest BCUT2D eigenvalue weighted by Gasteiger charge is -2.22. The summed E-state index contributed by atoms with van der Waals surface area (Å²) in [6.45, 7) is 2.47. The van der Waals surface area contributed by atoms with Gasteiger partial charge in [-0.3, -0.25) is 9.69 Å². The van der Waals surface area contributed by atoms with E-state index in [1.807, 2.05) is 13.0 Å². The summed E-state index contributed by atoms with van der Waals surface area (Å²) in [6, 6.07) is 1.55. The van der Waals surface area contributed by atoms with Gasteiger partial charge in [0.15, 0.2) is 0 Å². The Morgan fingerprint density at radius 3 is 2.69 bits per heavy atom. The molecule has 13 heavy (non-hydrogen) atoms. The Morgan fingerprint density at radius 2 is 2.31 bits per heavy atom. The summed E-state index contributed by atoms with van der Waals surface area (Å²) in [7, 11) is 1.74. The number of hydrogen-bond acceptors (Lipinski definition) is 3. The Kier molecular flexibility index (Phi) is 5.90. The van der Waals surface area contributed by atoms with Gasteiger partial charge in [-0.15, -0.1) is 0 Å². The second-order valence-corrected chi connectivity index (χ2v) is 3.03. The molecular weight excluding hydrogens is 168 g/mol. The number of carboxylic acid groups (broad SMARTS) is 1. The molecule has 0 saturated heterocycles. The van der Waals surface area contributed by atoms with E-state index in [1.165, 1.54) is 0 Å². The molecule has 0 aromatic rings. The van der Waals surface area contributed by atoms with Crippen LogP contribution in [-0.2, 0) is 4.79 Å². The third kappa shape index (κ3) is 4.48. The highest BCUT2D eigenvalue weighted by Gasteiger charge is 2.20.